The van der Waals surface area contributed by atoms with Gasteiger partial charge in [-0.1, -0.05) is 18.7 Å². The van der Waals surface area contributed by atoms with Crippen LogP contribution >= 0.6 is 23.1 Å². The van der Waals surface area contributed by atoms with E-state index in [1.54, 1.807) is 23.5 Å². The first kappa shape index (κ1) is 18.9. The van der Waals surface area contributed by atoms with Gasteiger partial charge in [0.1, 0.15) is 5.75 Å². The Kier molecular flexibility index (Phi) is 5.59. The number of anilines is 1. The Morgan fingerprint density at radius 3 is 2.93 bits per heavy atom. The van der Waals surface area contributed by atoms with Crippen LogP contribution in [0.2, 0.25) is 0 Å². The summed E-state index contributed by atoms with van der Waals surface area (Å²) in [7, 11) is 0. The minimum absolute atomic E-state index is 0.0550. The Bertz CT molecular complexity index is 1010. The summed E-state index contributed by atoms with van der Waals surface area (Å²) in [6.45, 7) is 4.80. The summed E-state index contributed by atoms with van der Waals surface area (Å²) in [6.07, 6.45) is 0.696. The summed E-state index contributed by atoms with van der Waals surface area (Å²) in [5, 5.41) is 2.73. The number of ether oxygens (including phenoxy) is 3. The summed E-state index contributed by atoms with van der Waals surface area (Å²) < 4.78 is 18.1. The van der Waals surface area contributed by atoms with Crippen molar-refractivity contribution in [1.82, 2.24) is 4.98 Å². The number of aromatic nitrogens is 1. The van der Waals surface area contributed by atoms with Gasteiger partial charge in [-0.05, 0) is 43.7 Å². The predicted octanol–water partition coefficient (Wildman–Crippen LogP) is 4.93. The van der Waals surface area contributed by atoms with Crippen molar-refractivity contribution in [2.24, 2.45) is 0 Å². The maximum absolute atomic E-state index is 12.8. The van der Waals surface area contributed by atoms with Crippen LogP contribution in [0.5, 0.6) is 17.2 Å². The number of hydrogen-bond donors (Lipinski definition) is 1. The van der Waals surface area contributed by atoms with Crippen LogP contribution in [0.15, 0.2) is 40.7 Å². The molecule has 6 nitrogen and oxygen atoms in total. The van der Waals surface area contributed by atoms with E-state index in [1.165, 1.54) is 11.8 Å². The molecule has 0 saturated heterocycles. The molecule has 1 atom stereocenters. The Hall–Kier alpha value is -2.45. The lowest BCUT2D eigenvalue weighted by Crippen LogP contribution is -2.24. The van der Waals surface area contributed by atoms with E-state index >= 15 is 0 Å². The molecule has 0 fully saturated rings. The molecule has 1 aromatic heterocycles. The number of rotatable bonds is 7. The van der Waals surface area contributed by atoms with Crippen LogP contribution in [0, 0.1) is 0 Å². The van der Waals surface area contributed by atoms with Crippen molar-refractivity contribution < 1.29 is 19.0 Å². The second-order valence-corrected chi connectivity index (χ2v) is 8.59. The van der Waals surface area contributed by atoms with Gasteiger partial charge in [-0.3, -0.25) is 4.79 Å². The predicted molar refractivity (Wildman–Crippen MR) is 112 cm³/mol. The lowest BCUT2D eigenvalue weighted by Gasteiger charge is -2.13. The fourth-order valence-corrected chi connectivity index (χ4v) is 5.09. The van der Waals surface area contributed by atoms with Crippen LogP contribution in [-0.2, 0) is 4.79 Å². The number of thiazole rings is 1. The van der Waals surface area contributed by atoms with Crippen molar-refractivity contribution in [3.63, 3.8) is 0 Å². The molecule has 0 aliphatic carbocycles. The van der Waals surface area contributed by atoms with E-state index in [9.17, 15) is 4.79 Å². The minimum Gasteiger partial charge on any atom is -0.494 e. The molecule has 1 amide bonds. The standard InChI is InChI=1S/C20H20N2O4S2/c1-3-17(19(23)21-12-5-8-15-16(9-12)26-11-25-15)27-20-22-14-7-6-13(24-4-2)10-18(14)28-20/h5-10,17H,3-4,11H2,1-2H3,(H,21,23). The Balaban J connectivity index is 1.46. The van der Waals surface area contributed by atoms with Gasteiger partial charge in [-0.25, -0.2) is 4.98 Å². The molecule has 4 rings (SSSR count). The van der Waals surface area contributed by atoms with Crippen molar-refractivity contribution in [1.29, 1.82) is 0 Å². The quantitative estimate of drug-likeness (QED) is 0.551. The number of benzene rings is 2. The average Bonchev–Trinajstić information content (AvgIpc) is 3.31. The second kappa shape index (κ2) is 8.28. The molecule has 2 heterocycles. The molecule has 3 aromatic rings. The monoisotopic (exact) mass is 416 g/mol. The van der Waals surface area contributed by atoms with Crippen molar-refractivity contribution in [3.8, 4) is 17.2 Å². The molecule has 0 bridgehead atoms. The second-order valence-electron chi connectivity index (χ2n) is 6.11. The van der Waals surface area contributed by atoms with Gasteiger partial charge in [0.05, 0.1) is 22.1 Å². The van der Waals surface area contributed by atoms with E-state index in [4.69, 9.17) is 14.2 Å². The van der Waals surface area contributed by atoms with E-state index in [0.717, 1.165) is 20.3 Å². The highest BCUT2D eigenvalue weighted by molar-refractivity contribution is 8.02. The third-order valence-electron chi connectivity index (χ3n) is 4.20. The zero-order chi connectivity index (χ0) is 19.5. The highest BCUT2D eigenvalue weighted by Crippen LogP contribution is 2.36. The van der Waals surface area contributed by atoms with Crippen molar-refractivity contribution in [3.05, 3.63) is 36.4 Å². The summed E-state index contributed by atoms with van der Waals surface area (Å²) in [5.74, 6) is 2.12. The third kappa shape index (κ3) is 4.02. The van der Waals surface area contributed by atoms with E-state index in [-0.39, 0.29) is 18.0 Å². The van der Waals surface area contributed by atoms with Crippen molar-refractivity contribution >= 4 is 44.9 Å². The molecule has 146 valence electrons. The smallest absolute Gasteiger partial charge is 0.237 e. The van der Waals surface area contributed by atoms with Gasteiger partial charge < -0.3 is 19.5 Å². The Morgan fingerprint density at radius 1 is 1.25 bits per heavy atom. The number of fused-ring (bicyclic) bond motifs is 2. The molecule has 2 aromatic carbocycles. The topological polar surface area (TPSA) is 69.7 Å². The van der Waals surface area contributed by atoms with Gasteiger partial charge in [0.2, 0.25) is 12.7 Å². The van der Waals surface area contributed by atoms with E-state index in [2.05, 4.69) is 10.3 Å². The SMILES string of the molecule is CCOc1ccc2nc(SC(CC)C(=O)Nc3ccc4c(c3)OCO4)sc2c1. The maximum Gasteiger partial charge on any atom is 0.237 e. The summed E-state index contributed by atoms with van der Waals surface area (Å²) in [6, 6.07) is 11.3. The molecule has 28 heavy (non-hydrogen) atoms. The van der Waals surface area contributed by atoms with Gasteiger partial charge >= 0.3 is 0 Å². The van der Waals surface area contributed by atoms with Crippen LogP contribution in [-0.4, -0.2) is 29.5 Å². The lowest BCUT2D eigenvalue weighted by atomic mass is 10.2. The fraction of sp³-hybridized carbons (Fsp3) is 0.300. The Morgan fingerprint density at radius 2 is 2.11 bits per heavy atom. The van der Waals surface area contributed by atoms with E-state index in [0.29, 0.717) is 30.2 Å². The minimum atomic E-state index is -0.239. The van der Waals surface area contributed by atoms with Crippen molar-refractivity contribution in [2.45, 2.75) is 29.9 Å². The number of thioether (sulfide) groups is 1. The zero-order valence-corrected chi connectivity index (χ0v) is 17.2. The van der Waals surface area contributed by atoms with Crippen LogP contribution in [0.4, 0.5) is 5.69 Å². The third-order valence-corrected chi connectivity index (χ3v) is 6.67. The van der Waals surface area contributed by atoms with Crippen molar-refractivity contribution in [2.75, 3.05) is 18.7 Å². The van der Waals surface area contributed by atoms with Crippen LogP contribution in [0.25, 0.3) is 10.2 Å². The first-order chi connectivity index (χ1) is 13.7. The number of nitrogens with zero attached hydrogens (tertiary/aromatic N) is 1. The number of carbonyl (C=O) groups is 1. The number of amides is 1. The number of hydrogen-bond acceptors (Lipinski definition) is 7. The summed E-state index contributed by atoms with van der Waals surface area (Å²) >= 11 is 3.06. The average molecular weight is 417 g/mol. The molecule has 0 radical (unpaired) electrons. The first-order valence-electron chi connectivity index (χ1n) is 9.07. The molecule has 8 heteroatoms. The molecule has 1 unspecified atom stereocenters. The fourth-order valence-electron chi connectivity index (χ4n) is 2.83. The highest BCUT2D eigenvalue weighted by atomic mass is 32.2. The molecular formula is C20H20N2O4S2. The number of carbonyl (C=O) groups excluding carboxylic acids is 1. The van der Waals surface area contributed by atoms with Gasteiger partial charge in [-0.2, -0.15) is 0 Å². The molecule has 1 aliphatic rings. The van der Waals surface area contributed by atoms with Crippen LogP contribution in [0.3, 0.4) is 0 Å². The number of nitrogens with one attached hydrogen (secondary N) is 1. The van der Waals surface area contributed by atoms with Gasteiger partial charge in [0, 0.05) is 11.8 Å². The normalized spacial score (nSPS) is 13.5. The summed E-state index contributed by atoms with van der Waals surface area (Å²) in [5.41, 5.74) is 1.61. The maximum atomic E-state index is 12.8. The van der Waals surface area contributed by atoms with E-state index in [1.807, 2.05) is 38.1 Å². The molecular weight excluding hydrogens is 396 g/mol. The Labute approximate surface area is 171 Å². The van der Waals surface area contributed by atoms with Gasteiger partial charge in [0.25, 0.3) is 0 Å². The van der Waals surface area contributed by atoms with Gasteiger partial charge in [-0.15, -0.1) is 11.3 Å². The molecule has 1 aliphatic heterocycles. The summed E-state index contributed by atoms with van der Waals surface area (Å²) in [4.78, 5) is 17.4. The molecule has 1 N–H and O–H groups in total. The molecule has 0 saturated carbocycles. The first-order valence-corrected chi connectivity index (χ1v) is 10.8. The zero-order valence-electron chi connectivity index (χ0n) is 15.6. The highest BCUT2D eigenvalue weighted by Gasteiger charge is 2.21. The van der Waals surface area contributed by atoms with Gasteiger partial charge in [0.15, 0.2) is 15.8 Å². The van der Waals surface area contributed by atoms with E-state index < -0.39 is 0 Å². The van der Waals surface area contributed by atoms with Crippen LogP contribution < -0.4 is 19.5 Å². The lowest BCUT2D eigenvalue weighted by molar-refractivity contribution is -0.115. The van der Waals surface area contributed by atoms with Crippen LogP contribution in [0.1, 0.15) is 20.3 Å². The molecule has 0 spiro atoms. The largest absolute Gasteiger partial charge is 0.494 e.